The molecule has 0 bridgehead atoms. The maximum Gasteiger partial charge on any atom is 0.134 e. The maximum atomic E-state index is 11.3. The van der Waals surface area contributed by atoms with Crippen LogP contribution in [0.25, 0.3) is 0 Å². The van der Waals surface area contributed by atoms with Crippen molar-refractivity contribution in [3.63, 3.8) is 0 Å². The first-order valence-electron chi connectivity index (χ1n) is 4.97. The number of carbonyl (C=O) groups excluding carboxylic acids is 1. The second-order valence-electron chi connectivity index (χ2n) is 3.33. The van der Waals surface area contributed by atoms with Crippen molar-refractivity contribution in [2.45, 2.75) is 19.3 Å². The van der Waals surface area contributed by atoms with Crippen LogP contribution in [0.3, 0.4) is 0 Å². The van der Waals surface area contributed by atoms with Crippen LogP contribution in [0.2, 0.25) is 0 Å². The fraction of sp³-hybridized carbons (Fsp3) is 0.417. The lowest BCUT2D eigenvalue weighted by Gasteiger charge is -2.02. The average molecular weight is 318 g/mol. The number of aryl methyl sites for hydroxylation is 1. The van der Waals surface area contributed by atoms with Crippen molar-refractivity contribution in [2.75, 3.05) is 11.5 Å². The van der Waals surface area contributed by atoms with Crippen LogP contribution in [0.15, 0.2) is 24.3 Å². The molecule has 0 amide bonds. The number of ether oxygens (including phenoxy) is 1. The van der Waals surface area contributed by atoms with E-state index in [-0.39, 0.29) is 0 Å². The summed E-state index contributed by atoms with van der Waals surface area (Å²) in [5, 5.41) is 0. The van der Waals surface area contributed by atoms with E-state index in [9.17, 15) is 4.79 Å². The molecule has 0 aliphatic heterocycles. The quantitative estimate of drug-likeness (QED) is 0.595. The van der Waals surface area contributed by atoms with Gasteiger partial charge in [0.1, 0.15) is 11.5 Å². The molecule has 82 valence electrons. The molecular formula is C12H15IO2. The van der Waals surface area contributed by atoms with Gasteiger partial charge in [-0.3, -0.25) is 4.79 Å². The second kappa shape index (κ2) is 6.82. The van der Waals surface area contributed by atoms with Gasteiger partial charge in [-0.1, -0.05) is 34.7 Å². The Morgan fingerprint density at radius 1 is 1.27 bits per heavy atom. The van der Waals surface area contributed by atoms with Gasteiger partial charge in [0, 0.05) is 17.3 Å². The van der Waals surface area contributed by atoms with Gasteiger partial charge in [-0.05, 0) is 24.1 Å². The molecule has 1 aromatic rings. The van der Waals surface area contributed by atoms with Crippen LogP contribution >= 0.6 is 22.6 Å². The Bertz CT molecular complexity index is 306. The van der Waals surface area contributed by atoms with Crippen LogP contribution in [0.1, 0.15) is 18.4 Å². The van der Waals surface area contributed by atoms with E-state index in [1.807, 2.05) is 24.3 Å². The van der Waals surface area contributed by atoms with E-state index in [4.69, 9.17) is 4.74 Å². The third kappa shape index (κ3) is 4.64. The lowest BCUT2D eigenvalue weighted by molar-refractivity contribution is -0.118. The molecule has 0 spiro atoms. The number of hydrogen-bond acceptors (Lipinski definition) is 2. The number of carbonyl (C=O) groups is 1. The molecule has 0 atom stereocenters. The van der Waals surface area contributed by atoms with Crippen molar-refractivity contribution in [1.82, 2.24) is 0 Å². The summed E-state index contributed by atoms with van der Waals surface area (Å²) in [5.41, 5.74) is 1.19. The molecule has 0 saturated heterocycles. The third-order valence-electron chi connectivity index (χ3n) is 2.22. The summed E-state index contributed by atoms with van der Waals surface area (Å²) in [6.07, 6.45) is 2.17. The summed E-state index contributed by atoms with van der Waals surface area (Å²) in [6, 6.07) is 7.88. The first kappa shape index (κ1) is 12.5. The highest BCUT2D eigenvalue weighted by atomic mass is 127. The van der Waals surface area contributed by atoms with Crippen molar-refractivity contribution < 1.29 is 9.53 Å². The number of halogens is 1. The molecule has 0 heterocycles. The van der Waals surface area contributed by atoms with Crippen LogP contribution in [0.5, 0.6) is 5.75 Å². The maximum absolute atomic E-state index is 11.3. The molecule has 1 aromatic carbocycles. The van der Waals surface area contributed by atoms with Gasteiger partial charge in [-0.15, -0.1) is 0 Å². The Morgan fingerprint density at radius 3 is 2.47 bits per heavy atom. The summed E-state index contributed by atoms with van der Waals surface area (Å²) in [6.45, 7) is 0. The molecule has 2 nitrogen and oxygen atoms in total. The third-order valence-corrected chi connectivity index (χ3v) is 2.76. The minimum Gasteiger partial charge on any atom is -0.497 e. The van der Waals surface area contributed by atoms with E-state index in [1.165, 1.54) is 5.56 Å². The number of ketones is 1. The van der Waals surface area contributed by atoms with Crippen LogP contribution in [-0.4, -0.2) is 17.3 Å². The van der Waals surface area contributed by atoms with Crippen molar-refractivity contribution in [3.05, 3.63) is 29.8 Å². The number of rotatable bonds is 6. The van der Waals surface area contributed by atoms with Crippen LogP contribution < -0.4 is 4.74 Å². The SMILES string of the molecule is COc1ccc(CCC(=O)CCI)cc1. The van der Waals surface area contributed by atoms with Gasteiger partial charge >= 0.3 is 0 Å². The average Bonchev–Trinajstić information content (AvgIpc) is 2.27. The Hall–Kier alpha value is -0.580. The molecule has 3 heteroatoms. The summed E-state index contributed by atoms with van der Waals surface area (Å²) >= 11 is 2.23. The van der Waals surface area contributed by atoms with E-state index in [1.54, 1.807) is 7.11 Å². The van der Waals surface area contributed by atoms with E-state index < -0.39 is 0 Å². The fourth-order valence-corrected chi connectivity index (χ4v) is 1.91. The molecule has 15 heavy (non-hydrogen) atoms. The highest BCUT2D eigenvalue weighted by molar-refractivity contribution is 14.1. The summed E-state index contributed by atoms with van der Waals surface area (Å²) in [5.74, 6) is 1.21. The van der Waals surface area contributed by atoms with Gasteiger partial charge in [0.2, 0.25) is 0 Å². The fourth-order valence-electron chi connectivity index (χ4n) is 1.31. The van der Waals surface area contributed by atoms with Crippen LogP contribution in [0, 0.1) is 0 Å². The zero-order valence-corrected chi connectivity index (χ0v) is 11.0. The monoisotopic (exact) mass is 318 g/mol. The molecular weight excluding hydrogens is 303 g/mol. The van der Waals surface area contributed by atoms with E-state index in [0.717, 1.165) is 16.6 Å². The zero-order chi connectivity index (χ0) is 11.1. The second-order valence-corrected chi connectivity index (χ2v) is 4.40. The Labute approximate surface area is 104 Å². The summed E-state index contributed by atoms with van der Waals surface area (Å²) in [7, 11) is 1.65. The van der Waals surface area contributed by atoms with Crippen molar-refractivity contribution in [3.8, 4) is 5.75 Å². The molecule has 0 aromatic heterocycles. The topological polar surface area (TPSA) is 26.3 Å². The van der Waals surface area contributed by atoms with Gasteiger partial charge in [0.05, 0.1) is 7.11 Å². The molecule has 1 rings (SSSR count). The largest absolute Gasteiger partial charge is 0.497 e. The lowest BCUT2D eigenvalue weighted by atomic mass is 10.1. The lowest BCUT2D eigenvalue weighted by Crippen LogP contribution is -2.00. The first-order valence-corrected chi connectivity index (χ1v) is 6.49. The molecule has 0 aliphatic rings. The summed E-state index contributed by atoms with van der Waals surface area (Å²) < 4.78 is 5.98. The molecule has 0 fully saturated rings. The molecule has 0 aliphatic carbocycles. The molecule has 0 saturated carbocycles. The standard InChI is InChI=1S/C12H15IO2/c1-15-12-6-3-10(4-7-12)2-5-11(14)8-9-13/h3-4,6-7H,2,5,8-9H2,1H3. The van der Waals surface area contributed by atoms with E-state index in [2.05, 4.69) is 22.6 Å². The van der Waals surface area contributed by atoms with Crippen LogP contribution in [-0.2, 0) is 11.2 Å². The number of alkyl halides is 1. The van der Waals surface area contributed by atoms with Gasteiger partial charge in [0.15, 0.2) is 0 Å². The summed E-state index contributed by atoms with van der Waals surface area (Å²) in [4.78, 5) is 11.3. The smallest absolute Gasteiger partial charge is 0.134 e. The predicted molar refractivity (Wildman–Crippen MR) is 69.8 cm³/mol. The Morgan fingerprint density at radius 2 is 1.93 bits per heavy atom. The Kier molecular flexibility index (Phi) is 5.68. The van der Waals surface area contributed by atoms with Crippen molar-refractivity contribution >= 4 is 28.4 Å². The minimum absolute atomic E-state index is 0.347. The van der Waals surface area contributed by atoms with Gasteiger partial charge in [-0.25, -0.2) is 0 Å². The van der Waals surface area contributed by atoms with Crippen molar-refractivity contribution in [2.24, 2.45) is 0 Å². The van der Waals surface area contributed by atoms with E-state index >= 15 is 0 Å². The minimum atomic E-state index is 0.347. The first-order chi connectivity index (χ1) is 7.26. The normalized spacial score (nSPS) is 10.0. The highest BCUT2D eigenvalue weighted by Gasteiger charge is 2.01. The Balaban J connectivity index is 2.40. The number of methoxy groups -OCH3 is 1. The number of Topliss-reactive ketones (excluding diaryl/α,β-unsaturated/α-hetero) is 1. The van der Waals surface area contributed by atoms with Gasteiger partial charge in [0.25, 0.3) is 0 Å². The van der Waals surface area contributed by atoms with Crippen molar-refractivity contribution in [1.29, 1.82) is 0 Å². The van der Waals surface area contributed by atoms with Gasteiger partial charge < -0.3 is 4.74 Å². The van der Waals surface area contributed by atoms with Gasteiger partial charge in [-0.2, -0.15) is 0 Å². The predicted octanol–water partition coefficient (Wildman–Crippen LogP) is 3.02. The van der Waals surface area contributed by atoms with Crippen LogP contribution in [0.4, 0.5) is 0 Å². The number of benzene rings is 1. The highest BCUT2D eigenvalue weighted by Crippen LogP contribution is 2.13. The molecule has 0 unspecified atom stereocenters. The molecule has 0 N–H and O–H groups in total. The molecule has 0 radical (unpaired) electrons. The number of hydrogen-bond donors (Lipinski definition) is 0. The zero-order valence-electron chi connectivity index (χ0n) is 8.83. The van der Waals surface area contributed by atoms with E-state index in [0.29, 0.717) is 18.6 Å².